The molecule has 100 valence electrons. The zero-order chi connectivity index (χ0) is 13.8. The van der Waals surface area contributed by atoms with E-state index in [-0.39, 0.29) is 10.7 Å². The van der Waals surface area contributed by atoms with E-state index < -0.39 is 11.7 Å². The van der Waals surface area contributed by atoms with Crippen molar-refractivity contribution in [3.05, 3.63) is 46.6 Å². The van der Waals surface area contributed by atoms with Gasteiger partial charge in [-0.15, -0.1) is 11.8 Å². The lowest BCUT2D eigenvalue weighted by atomic mass is 10.3. The molecule has 1 amide bonds. The lowest BCUT2D eigenvalue weighted by Gasteiger charge is -2.00. The Labute approximate surface area is 117 Å². The van der Waals surface area contributed by atoms with E-state index in [1.807, 2.05) is 5.43 Å². The van der Waals surface area contributed by atoms with Crippen LogP contribution in [-0.4, -0.2) is 11.1 Å². The van der Waals surface area contributed by atoms with E-state index in [4.69, 9.17) is 22.0 Å². The Kier molecular flexibility index (Phi) is 4.41. The first kappa shape index (κ1) is 13.9. The molecule has 0 aliphatic rings. The molecule has 1 aromatic carbocycles. The van der Waals surface area contributed by atoms with Crippen molar-refractivity contribution in [2.75, 3.05) is 0 Å². The summed E-state index contributed by atoms with van der Waals surface area (Å²) in [6, 6.07) is 5.90. The van der Waals surface area contributed by atoms with Gasteiger partial charge in [-0.2, -0.15) is 0 Å². The average molecular weight is 302 g/mol. The third kappa shape index (κ3) is 3.46. The Morgan fingerprint density at radius 1 is 1.53 bits per heavy atom. The second-order valence-corrected chi connectivity index (χ2v) is 4.97. The van der Waals surface area contributed by atoms with E-state index in [0.717, 1.165) is 4.90 Å². The molecule has 0 saturated heterocycles. The maximum absolute atomic E-state index is 13.0. The summed E-state index contributed by atoms with van der Waals surface area (Å²) >= 11 is 7.05. The maximum atomic E-state index is 13.0. The molecule has 19 heavy (non-hydrogen) atoms. The van der Waals surface area contributed by atoms with E-state index in [9.17, 15) is 9.18 Å². The molecule has 0 fully saturated rings. The Hall–Kier alpha value is -1.57. The Bertz CT molecular complexity index is 605. The Morgan fingerprint density at radius 2 is 2.32 bits per heavy atom. The van der Waals surface area contributed by atoms with Crippen LogP contribution in [0.2, 0.25) is 5.02 Å². The smallest absolute Gasteiger partial charge is 0.287 e. The van der Waals surface area contributed by atoms with Gasteiger partial charge >= 0.3 is 0 Å². The van der Waals surface area contributed by atoms with Gasteiger partial charge in [-0.3, -0.25) is 10.2 Å². The van der Waals surface area contributed by atoms with Crippen LogP contribution in [0, 0.1) is 5.82 Å². The number of hydrazine groups is 1. The van der Waals surface area contributed by atoms with Crippen LogP contribution in [-0.2, 0) is 5.75 Å². The molecule has 0 aliphatic carbocycles. The predicted octanol–water partition coefficient (Wildman–Crippen LogP) is 2.36. The van der Waals surface area contributed by atoms with E-state index in [1.54, 1.807) is 6.07 Å². The third-order valence-electron chi connectivity index (χ3n) is 2.19. The summed E-state index contributed by atoms with van der Waals surface area (Å²) in [6.07, 6.45) is 0. The second kappa shape index (κ2) is 6.05. The van der Waals surface area contributed by atoms with Gasteiger partial charge in [-0.25, -0.2) is 10.2 Å². The minimum atomic E-state index is -0.523. The zero-order valence-corrected chi connectivity index (χ0v) is 11.1. The summed E-state index contributed by atoms with van der Waals surface area (Å²) < 4.78 is 17.9. The molecule has 0 aliphatic heterocycles. The van der Waals surface area contributed by atoms with Gasteiger partial charge in [-0.05, 0) is 18.2 Å². The topological polar surface area (TPSA) is 81.1 Å². The van der Waals surface area contributed by atoms with Crippen molar-refractivity contribution in [1.82, 2.24) is 10.6 Å². The van der Waals surface area contributed by atoms with Crippen LogP contribution in [0.4, 0.5) is 4.39 Å². The first-order chi connectivity index (χ1) is 9.10. The number of halogens is 2. The van der Waals surface area contributed by atoms with Gasteiger partial charge in [0.25, 0.3) is 5.91 Å². The number of benzene rings is 1. The summed E-state index contributed by atoms with van der Waals surface area (Å²) in [5, 5.41) is 3.63. The van der Waals surface area contributed by atoms with Gasteiger partial charge in [-0.1, -0.05) is 16.8 Å². The fourth-order valence-corrected chi connectivity index (χ4v) is 2.34. The monoisotopic (exact) mass is 301 g/mol. The number of nitrogens with one attached hydrogen (secondary N) is 1. The zero-order valence-electron chi connectivity index (χ0n) is 9.52. The Balaban J connectivity index is 2.00. The maximum Gasteiger partial charge on any atom is 0.287 e. The lowest BCUT2D eigenvalue weighted by Crippen LogP contribution is -2.30. The largest absolute Gasteiger partial charge is 0.360 e. The highest BCUT2D eigenvalue weighted by Crippen LogP contribution is 2.27. The molecule has 0 atom stereocenters. The molecule has 8 heteroatoms. The van der Waals surface area contributed by atoms with Gasteiger partial charge in [0, 0.05) is 11.0 Å². The molecular weight excluding hydrogens is 293 g/mol. The Morgan fingerprint density at radius 3 is 3.00 bits per heavy atom. The van der Waals surface area contributed by atoms with Crippen LogP contribution in [0.25, 0.3) is 0 Å². The fraction of sp³-hybridized carbons (Fsp3) is 0.0909. The van der Waals surface area contributed by atoms with Gasteiger partial charge in [0.2, 0.25) is 0 Å². The molecule has 1 aromatic heterocycles. The highest BCUT2D eigenvalue weighted by atomic mass is 35.5. The van der Waals surface area contributed by atoms with Crippen LogP contribution in [0.15, 0.2) is 33.7 Å². The molecule has 0 bridgehead atoms. The van der Waals surface area contributed by atoms with Gasteiger partial charge in [0.15, 0.2) is 5.69 Å². The first-order valence-electron chi connectivity index (χ1n) is 5.14. The predicted molar refractivity (Wildman–Crippen MR) is 69.1 cm³/mol. The van der Waals surface area contributed by atoms with Crippen LogP contribution < -0.4 is 11.3 Å². The summed E-state index contributed by atoms with van der Waals surface area (Å²) in [5.41, 5.74) is 2.06. The number of nitrogen functional groups attached to an aromatic ring is 1. The normalized spacial score (nSPS) is 10.5. The van der Waals surface area contributed by atoms with Crippen molar-refractivity contribution < 1.29 is 13.7 Å². The molecule has 1 heterocycles. The average Bonchev–Trinajstić information content (AvgIpc) is 2.88. The van der Waals surface area contributed by atoms with E-state index in [1.165, 1.54) is 30.0 Å². The number of carbonyl (C=O) groups excluding carboxylic acids is 1. The van der Waals surface area contributed by atoms with Gasteiger partial charge in [0.1, 0.15) is 11.6 Å². The van der Waals surface area contributed by atoms with Crippen molar-refractivity contribution in [3.63, 3.8) is 0 Å². The molecule has 0 radical (unpaired) electrons. The molecule has 2 rings (SSSR count). The first-order valence-corrected chi connectivity index (χ1v) is 6.51. The molecular formula is C11H9ClFN3O2S. The molecule has 0 spiro atoms. The summed E-state index contributed by atoms with van der Waals surface area (Å²) in [5.74, 6) is 4.93. The number of amides is 1. The third-order valence-corrected chi connectivity index (χ3v) is 3.50. The minimum Gasteiger partial charge on any atom is -0.360 e. The lowest BCUT2D eigenvalue weighted by molar-refractivity contribution is 0.0944. The number of thioether (sulfide) groups is 1. The van der Waals surface area contributed by atoms with E-state index in [0.29, 0.717) is 11.5 Å². The van der Waals surface area contributed by atoms with Crippen molar-refractivity contribution in [2.24, 2.45) is 5.84 Å². The standard InChI is InChI=1S/C11H9ClFN3O2S/c12-8-4-7(1-2-9(8)13)19-5-6-3-10(16-18-6)11(17)15-14/h1-4H,5,14H2,(H,15,17). The number of aromatic nitrogens is 1. The number of hydrogen-bond donors (Lipinski definition) is 2. The van der Waals surface area contributed by atoms with Crippen LogP contribution in [0.1, 0.15) is 16.2 Å². The number of nitrogens with zero attached hydrogens (tertiary/aromatic N) is 1. The molecule has 0 unspecified atom stereocenters. The molecule has 2 aromatic rings. The second-order valence-electron chi connectivity index (χ2n) is 3.52. The van der Waals surface area contributed by atoms with Crippen LogP contribution in [0.3, 0.4) is 0 Å². The summed E-state index contributed by atoms with van der Waals surface area (Å²) in [6.45, 7) is 0. The quantitative estimate of drug-likeness (QED) is 0.392. The fourth-order valence-electron chi connectivity index (χ4n) is 1.28. The van der Waals surface area contributed by atoms with Crippen LogP contribution >= 0.6 is 23.4 Å². The van der Waals surface area contributed by atoms with Crippen LogP contribution in [0.5, 0.6) is 0 Å². The van der Waals surface area contributed by atoms with Gasteiger partial charge in [0.05, 0.1) is 10.8 Å². The number of carbonyl (C=O) groups is 1. The molecule has 0 saturated carbocycles. The number of nitrogens with two attached hydrogens (primary N) is 1. The SMILES string of the molecule is NNC(=O)c1cc(CSc2ccc(F)c(Cl)c2)on1. The van der Waals surface area contributed by atoms with Crippen molar-refractivity contribution >= 4 is 29.3 Å². The van der Waals surface area contributed by atoms with Gasteiger partial charge < -0.3 is 4.52 Å². The molecule has 5 nitrogen and oxygen atoms in total. The van der Waals surface area contributed by atoms with Crippen molar-refractivity contribution in [1.29, 1.82) is 0 Å². The summed E-state index contributed by atoms with van der Waals surface area (Å²) in [4.78, 5) is 11.9. The minimum absolute atomic E-state index is 0.0609. The highest BCUT2D eigenvalue weighted by molar-refractivity contribution is 7.98. The number of rotatable bonds is 4. The number of hydrogen-bond acceptors (Lipinski definition) is 5. The highest BCUT2D eigenvalue weighted by Gasteiger charge is 2.11. The van der Waals surface area contributed by atoms with E-state index in [2.05, 4.69) is 5.16 Å². The van der Waals surface area contributed by atoms with Crippen molar-refractivity contribution in [2.45, 2.75) is 10.6 Å². The van der Waals surface area contributed by atoms with Crippen molar-refractivity contribution in [3.8, 4) is 0 Å². The summed E-state index contributed by atoms with van der Waals surface area (Å²) in [7, 11) is 0. The molecule has 3 N–H and O–H groups in total. The van der Waals surface area contributed by atoms with E-state index >= 15 is 0 Å².